The van der Waals surface area contributed by atoms with E-state index < -0.39 is 50.3 Å². The Balaban J connectivity index is 1.69. The molecule has 0 fully saturated rings. The van der Waals surface area contributed by atoms with Gasteiger partial charge in [-0.05, 0) is 61.0 Å². The Labute approximate surface area is 327 Å². The van der Waals surface area contributed by atoms with Crippen molar-refractivity contribution in [3.8, 4) is 0 Å². The number of nitrogens with one attached hydrogen (secondary N) is 4. The molecule has 20 nitrogen and oxygen atoms in total. The summed E-state index contributed by atoms with van der Waals surface area (Å²) >= 11 is 6.12. The number of hydrogen-bond acceptors (Lipinski definition) is 19. The number of nitrogens with two attached hydrogens (primary N) is 1. The summed E-state index contributed by atoms with van der Waals surface area (Å²) in [6.07, 6.45) is 0. The molecule has 7 N–H and O–H groups in total. The lowest BCUT2D eigenvalue weighted by molar-refractivity contribution is 0.483. The fraction of sp³-hybridized carbons (Fsp3) is 0.161. The zero-order valence-corrected chi connectivity index (χ0v) is 33.2. The molecule has 0 saturated heterocycles. The third kappa shape index (κ3) is 11.5. The number of anilines is 7. The highest BCUT2D eigenvalue weighted by Crippen LogP contribution is 2.38. The van der Waals surface area contributed by atoms with Gasteiger partial charge in [-0.1, -0.05) is 19.7 Å². The highest BCUT2D eigenvalue weighted by Gasteiger charge is 2.20. The van der Waals surface area contributed by atoms with Crippen molar-refractivity contribution in [2.75, 3.05) is 51.6 Å². The van der Waals surface area contributed by atoms with Crippen molar-refractivity contribution in [3.63, 3.8) is 0 Å². The summed E-state index contributed by atoms with van der Waals surface area (Å²) in [5.74, 6) is -0.949. The van der Waals surface area contributed by atoms with Crippen LogP contribution in [0.2, 0.25) is 5.28 Å². The van der Waals surface area contributed by atoms with E-state index in [0.717, 1.165) is 22.3 Å². The third-order valence-corrected chi connectivity index (χ3v) is 12.3. The van der Waals surface area contributed by atoms with Crippen molar-refractivity contribution in [2.45, 2.75) is 16.7 Å². The topological polar surface area (TPSA) is 307 Å². The van der Waals surface area contributed by atoms with Crippen LogP contribution >= 0.6 is 11.6 Å². The molecule has 0 bridgehead atoms. The number of benzene rings is 2. The van der Waals surface area contributed by atoms with E-state index in [0.29, 0.717) is 5.69 Å². The van der Waals surface area contributed by atoms with E-state index in [9.17, 15) is 38.2 Å². The van der Waals surface area contributed by atoms with Crippen LogP contribution in [0.5, 0.6) is 0 Å². The molecule has 2 aromatic heterocycles. The second-order valence-electron chi connectivity index (χ2n) is 11.2. The van der Waals surface area contributed by atoms with E-state index in [4.69, 9.17) is 17.3 Å². The van der Waals surface area contributed by atoms with Crippen LogP contribution in [0.15, 0.2) is 98.4 Å². The van der Waals surface area contributed by atoms with E-state index in [2.05, 4.69) is 71.2 Å². The first-order valence-electron chi connectivity index (χ1n) is 15.6. The van der Waals surface area contributed by atoms with Gasteiger partial charge in [0.25, 0.3) is 10.1 Å². The number of nitrogens with zero attached hydrogens (tertiary/aromatic N) is 6. The van der Waals surface area contributed by atoms with E-state index in [1.165, 1.54) is 43.3 Å². The van der Waals surface area contributed by atoms with Gasteiger partial charge in [0.05, 0.1) is 22.1 Å². The van der Waals surface area contributed by atoms with E-state index >= 15 is 0 Å². The van der Waals surface area contributed by atoms with Gasteiger partial charge < -0.3 is 27.0 Å². The van der Waals surface area contributed by atoms with Crippen LogP contribution in [0.1, 0.15) is 5.56 Å². The van der Waals surface area contributed by atoms with Crippen molar-refractivity contribution in [1.82, 2.24) is 19.9 Å². The number of halogens is 1. The van der Waals surface area contributed by atoms with Crippen molar-refractivity contribution >= 4 is 103 Å². The number of nitrogen functional groups attached to an aromatic ring is 1. The number of pyridine rings is 1. The maximum absolute atomic E-state index is 12.3. The molecular weight excluding hydrogens is 834 g/mol. The maximum atomic E-state index is 12.3. The first-order valence-corrected chi connectivity index (χ1v) is 22.4. The number of azo groups is 1. The van der Waals surface area contributed by atoms with E-state index in [-0.39, 0.29) is 80.9 Å². The molecule has 0 aliphatic carbocycles. The van der Waals surface area contributed by atoms with Gasteiger partial charge in [0.1, 0.15) is 16.3 Å². The van der Waals surface area contributed by atoms with Crippen molar-refractivity contribution in [2.24, 2.45) is 10.2 Å². The predicted octanol–water partition coefficient (Wildman–Crippen LogP) is 4.82. The molecular formula is C31H34ClN11O9S4. The van der Waals surface area contributed by atoms with Crippen LogP contribution in [-0.2, 0) is 39.6 Å². The molecule has 2 heterocycles. The molecule has 0 aliphatic heterocycles. The molecule has 4 rings (SSSR count). The van der Waals surface area contributed by atoms with Gasteiger partial charge in [-0.25, -0.2) is 30.2 Å². The van der Waals surface area contributed by atoms with Crippen molar-refractivity contribution < 1.29 is 38.2 Å². The Morgan fingerprint density at radius 1 is 0.750 bits per heavy atom. The van der Waals surface area contributed by atoms with Crippen LogP contribution in [0.3, 0.4) is 0 Å². The summed E-state index contributed by atoms with van der Waals surface area (Å²) in [6, 6.07) is 9.08. The van der Waals surface area contributed by atoms with Gasteiger partial charge in [-0.2, -0.15) is 23.4 Å². The normalized spacial score (nSPS) is 12.2. The summed E-state index contributed by atoms with van der Waals surface area (Å²) in [5.41, 5.74) is 6.62. The number of hydrogen-bond donors (Lipinski definition) is 6. The molecule has 56 heavy (non-hydrogen) atoms. The molecule has 0 unspecified atom stereocenters. The van der Waals surface area contributed by atoms with Crippen LogP contribution < -0.4 is 27.0 Å². The number of aromatic nitrogens is 4. The quantitative estimate of drug-likeness (QED) is 0.0543. The van der Waals surface area contributed by atoms with Crippen LogP contribution in [0.25, 0.3) is 0 Å². The minimum atomic E-state index is -4.88. The number of sulfone groups is 3. The molecule has 0 saturated carbocycles. The molecule has 0 amide bonds. The average Bonchev–Trinajstić information content (AvgIpc) is 3.12. The van der Waals surface area contributed by atoms with Crippen LogP contribution in [-0.4, -0.2) is 82.8 Å². The van der Waals surface area contributed by atoms with E-state index in [1.807, 2.05) is 0 Å². The molecule has 2 aromatic carbocycles. The first-order chi connectivity index (χ1) is 26.2. The second-order valence-corrected chi connectivity index (χ2v) is 19.0. The standard InChI is InChI=1S/C31H34ClN11O9S4/c1-5-53(44,45)16-14-34-27-25(33)19(4)26(28(38-27)35-15-17-54(46,47)6-2)43-42-23-18-21(10-13-24(23)56(50,51)52)37-31-40-29(32)39-30(41-31)36-20-8-11-22(12-9-20)55(48,49)7-3/h5-13,18H,1-3,14-17,33H2,4H3,(H2,34,35,38)(H,50,51,52)(H2,36,37,39,40,41). The lowest BCUT2D eigenvalue weighted by Gasteiger charge is -2.16. The Morgan fingerprint density at radius 2 is 1.29 bits per heavy atom. The monoisotopic (exact) mass is 867 g/mol. The SMILES string of the molecule is C=CS(=O)(=O)CCNc1nc(NCCS(=O)(=O)C=C)c(N=Nc2cc(Nc3nc(Cl)nc(Nc4ccc(S(=O)(=O)C=C)cc4)n3)ccc2S(=O)(=O)O)c(C)c1N. The number of rotatable bonds is 19. The second kappa shape index (κ2) is 17.5. The fourth-order valence-corrected chi connectivity index (χ4v) is 7.00. The van der Waals surface area contributed by atoms with Crippen molar-refractivity contribution in [1.29, 1.82) is 0 Å². The molecule has 25 heteroatoms. The Morgan fingerprint density at radius 3 is 1.82 bits per heavy atom. The van der Waals surface area contributed by atoms with Crippen molar-refractivity contribution in [3.05, 3.63) is 89.3 Å². The summed E-state index contributed by atoms with van der Waals surface area (Å²) in [6.45, 7) is 11.0. The zero-order chi connectivity index (χ0) is 41.5. The first kappa shape index (κ1) is 43.2. The fourth-order valence-electron chi connectivity index (χ4n) is 4.42. The van der Waals surface area contributed by atoms with Gasteiger partial charge >= 0.3 is 0 Å². The lowest BCUT2D eigenvalue weighted by Crippen LogP contribution is -2.18. The summed E-state index contributed by atoms with van der Waals surface area (Å²) in [7, 11) is -15.8. The van der Waals surface area contributed by atoms with Crippen LogP contribution in [0.4, 0.5) is 52.0 Å². The highest BCUT2D eigenvalue weighted by molar-refractivity contribution is 7.94. The summed E-state index contributed by atoms with van der Waals surface area (Å²) < 4.78 is 107. The molecule has 0 spiro atoms. The van der Waals surface area contributed by atoms with Gasteiger partial charge in [0.2, 0.25) is 17.2 Å². The molecule has 0 atom stereocenters. The van der Waals surface area contributed by atoms with Gasteiger partial charge in [0, 0.05) is 46.3 Å². The predicted molar refractivity (Wildman–Crippen MR) is 214 cm³/mol. The molecule has 298 valence electrons. The largest absolute Gasteiger partial charge is 0.395 e. The Kier molecular flexibility index (Phi) is 13.5. The van der Waals surface area contributed by atoms with Gasteiger partial charge in [-0.15, -0.1) is 10.2 Å². The lowest BCUT2D eigenvalue weighted by atomic mass is 10.2. The minimum Gasteiger partial charge on any atom is -0.395 e. The van der Waals surface area contributed by atoms with Crippen LogP contribution in [0, 0.1) is 6.92 Å². The van der Waals surface area contributed by atoms with E-state index in [1.54, 1.807) is 0 Å². The van der Waals surface area contributed by atoms with Gasteiger partial charge in [-0.3, -0.25) is 4.55 Å². The van der Waals surface area contributed by atoms with Gasteiger partial charge in [0.15, 0.2) is 41.1 Å². The highest BCUT2D eigenvalue weighted by atomic mass is 35.5. The molecule has 0 aliphatic rings. The maximum Gasteiger partial charge on any atom is 0.296 e. The minimum absolute atomic E-state index is 0.0125. The zero-order valence-electron chi connectivity index (χ0n) is 29.2. The molecule has 0 radical (unpaired) electrons. The third-order valence-electron chi connectivity index (χ3n) is 7.35. The Bertz CT molecular complexity index is 2660. The summed E-state index contributed by atoms with van der Waals surface area (Å²) in [5, 5.41) is 21.7. The molecule has 4 aromatic rings. The Hall–Kier alpha value is -5.53. The average molecular weight is 868 g/mol. The summed E-state index contributed by atoms with van der Waals surface area (Å²) in [4.78, 5) is 16.0. The smallest absolute Gasteiger partial charge is 0.296 e.